The third kappa shape index (κ3) is 4.07. The second kappa shape index (κ2) is 7.26. The Hall–Kier alpha value is -1.83. The van der Waals surface area contributed by atoms with Gasteiger partial charge in [-0.3, -0.25) is 4.57 Å². The minimum absolute atomic E-state index is 0.402. The first-order chi connectivity index (χ1) is 10.2. The fourth-order valence-corrected chi connectivity index (χ4v) is 3.68. The molecule has 2 aromatic carbocycles. The zero-order valence-corrected chi connectivity index (χ0v) is 13.1. The number of rotatable bonds is 6. The van der Waals surface area contributed by atoms with Gasteiger partial charge in [0.25, 0.3) is 7.37 Å². The predicted octanol–water partition coefficient (Wildman–Crippen LogP) is 4.31. The third-order valence-corrected chi connectivity index (χ3v) is 5.22. The summed E-state index contributed by atoms with van der Waals surface area (Å²) in [4.78, 5) is 0. The molecule has 0 fully saturated rings. The SMILES string of the molecule is CCOP(=O)(/C=C/c1ccc(OC)cc1)c1ccccc1. The molecule has 110 valence electrons. The van der Waals surface area contributed by atoms with Crippen LogP contribution in [0.25, 0.3) is 6.08 Å². The average molecular weight is 302 g/mol. The van der Waals surface area contributed by atoms with Crippen LogP contribution >= 0.6 is 7.37 Å². The average Bonchev–Trinajstić information content (AvgIpc) is 2.54. The number of hydrogen-bond donors (Lipinski definition) is 0. The molecule has 0 spiro atoms. The Morgan fingerprint density at radius 1 is 1.05 bits per heavy atom. The summed E-state index contributed by atoms with van der Waals surface area (Å²) in [5, 5.41) is 0.705. The van der Waals surface area contributed by atoms with Gasteiger partial charge in [0.2, 0.25) is 0 Å². The lowest BCUT2D eigenvalue weighted by molar-refractivity contribution is 0.347. The molecule has 0 saturated carbocycles. The zero-order chi connectivity index (χ0) is 15.1. The van der Waals surface area contributed by atoms with Crippen molar-refractivity contribution in [3.8, 4) is 5.75 Å². The van der Waals surface area contributed by atoms with Gasteiger partial charge < -0.3 is 9.26 Å². The Kier molecular flexibility index (Phi) is 5.38. The highest BCUT2D eigenvalue weighted by Crippen LogP contribution is 2.47. The zero-order valence-electron chi connectivity index (χ0n) is 12.2. The van der Waals surface area contributed by atoms with Crippen LogP contribution in [0.5, 0.6) is 5.75 Å². The van der Waals surface area contributed by atoms with Crippen LogP contribution in [-0.2, 0) is 9.09 Å². The van der Waals surface area contributed by atoms with Gasteiger partial charge in [0.15, 0.2) is 0 Å². The third-order valence-electron chi connectivity index (χ3n) is 3.02. The molecule has 0 aliphatic heterocycles. The lowest BCUT2D eigenvalue weighted by Crippen LogP contribution is -2.04. The van der Waals surface area contributed by atoms with Gasteiger partial charge in [-0.1, -0.05) is 30.3 Å². The molecule has 0 saturated heterocycles. The summed E-state index contributed by atoms with van der Waals surface area (Å²) in [6, 6.07) is 16.8. The fraction of sp³-hybridized carbons (Fsp3) is 0.176. The van der Waals surface area contributed by atoms with Gasteiger partial charge in [-0.05, 0) is 42.8 Å². The van der Waals surface area contributed by atoms with E-state index in [2.05, 4.69) is 0 Å². The van der Waals surface area contributed by atoms with E-state index in [1.54, 1.807) is 12.9 Å². The second-order valence-electron chi connectivity index (χ2n) is 4.44. The topological polar surface area (TPSA) is 35.5 Å². The minimum atomic E-state index is -2.97. The van der Waals surface area contributed by atoms with Gasteiger partial charge in [-0.15, -0.1) is 0 Å². The quantitative estimate of drug-likeness (QED) is 0.746. The van der Waals surface area contributed by atoms with Crippen molar-refractivity contribution in [1.82, 2.24) is 0 Å². The maximum atomic E-state index is 13.0. The second-order valence-corrected chi connectivity index (χ2v) is 6.71. The highest BCUT2D eigenvalue weighted by molar-refractivity contribution is 7.70. The molecule has 2 aromatic rings. The highest BCUT2D eigenvalue weighted by atomic mass is 31.2. The van der Waals surface area contributed by atoms with Crippen LogP contribution in [0.3, 0.4) is 0 Å². The highest BCUT2D eigenvalue weighted by Gasteiger charge is 2.21. The number of methoxy groups -OCH3 is 1. The van der Waals surface area contributed by atoms with E-state index in [9.17, 15) is 4.57 Å². The Bertz CT molecular complexity index is 633. The van der Waals surface area contributed by atoms with Crippen LogP contribution in [0, 0.1) is 0 Å². The van der Waals surface area contributed by atoms with E-state index in [4.69, 9.17) is 9.26 Å². The number of hydrogen-bond acceptors (Lipinski definition) is 3. The molecule has 0 aliphatic rings. The van der Waals surface area contributed by atoms with E-state index in [1.165, 1.54) is 0 Å². The smallest absolute Gasteiger partial charge is 0.254 e. The van der Waals surface area contributed by atoms with Gasteiger partial charge in [0.1, 0.15) is 5.75 Å². The van der Waals surface area contributed by atoms with Crippen molar-refractivity contribution in [3.63, 3.8) is 0 Å². The molecule has 0 aliphatic carbocycles. The summed E-state index contributed by atoms with van der Waals surface area (Å²) in [7, 11) is -1.34. The van der Waals surface area contributed by atoms with Gasteiger partial charge in [-0.25, -0.2) is 0 Å². The minimum Gasteiger partial charge on any atom is -0.497 e. The molecule has 0 aromatic heterocycles. The lowest BCUT2D eigenvalue weighted by atomic mass is 10.2. The molecule has 0 radical (unpaired) electrons. The molecular formula is C17H19O3P. The Morgan fingerprint density at radius 3 is 2.29 bits per heavy atom. The van der Waals surface area contributed by atoms with E-state index in [0.29, 0.717) is 11.9 Å². The van der Waals surface area contributed by atoms with E-state index in [-0.39, 0.29) is 0 Å². The van der Waals surface area contributed by atoms with E-state index < -0.39 is 7.37 Å². The summed E-state index contributed by atoms with van der Waals surface area (Å²) in [6.45, 7) is 2.25. The molecular weight excluding hydrogens is 283 g/mol. The van der Waals surface area contributed by atoms with Gasteiger partial charge in [0, 0.05) is 11.1 Å². The van der Waals surface area contributed by atoms with Crippen molar-refractivity contribution in [3.05, 3.63) is 66.0 Å². The summed E-state index contributed by atoms with van der Waals surface area (Å²) in [5.74, 6) is 2.45. The van der Waals surface area contributed by atoms with Crippen molar-refractivity contribution in [2.75, 3.05) is 13.7 Å². The molecule has 0 bridgehead atoms. The first kappa shape index (κ1) is 15.6. The van der Waals surface area contributed by atoms with Crippen LogP contribution in [0.1, 0.15) is 12.5 Å². The predicted molar refractivity (Wildman–Crippen MR) is 87.3 cm³/mol. The molecule has 21 heavy (non-hydrogen) atoms. The molecule has 3 nitrogen and oxygen atoms in total. The molecule has 1 unspecified atom stereocenters. The molecule has 0 amide bonds. The molecule has 0 heterocycles. The van der Waals surface area contributed by atoms with Crippen molar-refractivity contribution in [2.24, 2.45) is 0 Å². The lowest BCUT2D eigenvalue weighted by Gasteiger charge is -2.14. The van der Waals surface area contributed by atoms with Crippen LogP contribution in [0.4, 0.5) is 0 Å². The Balaban J connectivity index is 2.26. The standard InChI is InChI=1S/C17H19O3P/c1-3-20-21(18,17-7-5-4-6-8-17)14-13-15-9-11-16(19-2)12-10-15/h4-14H,3H2,1-2H3/b14-13+. The summed E-state index contributed by atoms with van der Waals surface area (Å²) in [5.41, 5.74) is 0.951. The van der Waals surface area contributed by atoms with E-state index in [1.807, 2.05) is 67.6 Å². The molecule has 0 N–H and O–H groups in total. The van der Waals surface area contributed by atoms with Gasteiger partial charge >= 0.3 is 0 Å². The van der Waals surface area contributed by atoms with E-state index in [0.717, 1.165) is 11.3 Å². The molecule has 2 rings (SSSR count). The number of ether oxygens (including phenoxy) is 1. The summed E-state index contributed by atoms with van der Waals surface area (Å²) < 4.78 is 23.6. The maximum absolute atomic E-state index is 13.0. The normalized spacial score (nSPS) is 14.0. The van der Waals surface area contributed by atoms with Crippen molar-refractivity contribution in [1.29, 1.82) is 0 Å². The monoisotopic (exact) mass is 302 g/mol. The maximum Gasteiger partial charge on any atom is 0.254 e. The first-order valence-electron chi connectivity index (χ1n) is 6.81. The van der Waals surface area contributed by atoms with Crippen molar-refractivity contribution < 1.29 is 13.8 Å². The number of benzene rings is 2. The molecule has 1 atom stereocenters. The van der Waals surface area contributed by atoms with Crippen LogP contribution in [0.2, 0.25) is 0 Å². The van der Waals surface area contributed by atoms with Gasteiger partial charge in [0.05, 0.1) is 13.7 Å². The van der Waals surface area contributed by atoms with E-state index >= 15 is 0 Å². The van der Waals surface area contributed by atoms with Crippen LogP contribution < -0.4 is 10.0 Å². The fourth-order valence-electron chi connectivity index (χ4n) is 1.93. The Labute approximate surface area is 125 Å². The Morgan fingerprint density at radius 2 is 1.71 bits per heavy atom. The first-order valence-corrected chi connectivity index (χ1v) is 8.50. The summed E-state index contributed by atoms with van der Waals surface area (Å²) >= 11 is 0. The summed E-state index contributed by atoms with van der Waals surface area (Å²) in [6.07, 6.45) is 1.82. The van der Waals surface area contributed by atoms with Crippen molar-refractivity contribution >= 4 is 18.7 Å². The van der Waals surface area contributed by atoms with Crippen LogP contribution in [0.15, 0.2) is 60.4 Å². The van der Waals surface area contributed by atoms with Crippen LogP contribution in [-0.4, -0.2) is 13.7 Å². The largest absolute Gasteiger partial charge is 0.497 e. The van der Waals surface area contributed by atoms with Gasteiger partial charge in [-0.2, -0.15) is 0 Å². The molecule has 4 heteroatoms. The van der Waals surface area contributed by atoms with Crippen molar-refractivity contribution in [2.45, 2.75) is 6.92 Å².